The molecule has 27 heavy (non-hydrogen) atoms. The van der Waals surface area contributed by atoms with Gasteiger partial charge in [0.15, 0.2) is 0 Å². The Hall–Kier alpha value is -3.02. The number of amides is 3. The molecule has 6 nitrogen and oxygen atoms in total. The Morgan fingerprint density at radius 3 is 2.22 bits per heavy atom. The van der Waals surface area contributed by atoms with Gasteiger partial charge >= 0.3 is 12.1 Å². The molecule has 1 atom stereocenters. The number of ether oxygens (including phenoxy) is 1. The maximum absolute atomic E-state index is 12.5. The first-order valence-electron chi connectivity index (χ1n) is 9.05. The zero-order chi connectivity index (χ0) is 19.9. The minimum atomic E-state index is -0.463. The summed E-state index contributed by atoms with van der Waals surface area (Å²) in [5, 5.41) is 5.88. The van der Waals surface area contributed by atoms with Crippen LogP contribution in [0.4, 0.5) is 21.0 Å². The fourth-order valence-electron chi connectivity index (χ4n) is 2.68. The van der Waals surface area contributed by atoms with Gasteiger partial charge in [0.05, 0.1) is 12.1 Å². The number of carbonyl (C=O) groups excluding carboxylic acids is 2. The van der Waals surface area contributed by atoms with E-state index in [1.807, 2.05) is 44.2 Å². The third kappa shape index (κ3) is 5.23. The second kappa shape index (κ2) is 9.07. The maximum atomic E-state index is 12.5. The third-order valence-corrected chi connectivity index (χ3v) is 4.56. The molecule has 0 saturated carbocycles. The highest BCUT2D eigenvalue weighted by Crippen LogP contribution is 2.24. The summed E-state index contributed by atoms with van der Waals surface area (Å²) in [6, 6.07) is 16.6. The van der Waals surface area contributed by atoms with E-state index >= 15 is 0 Å². The summed E-state index contributed by atoms with van der Waals surface area (Å²) in [5.41, 5.74) is 1.91. The summed E-state index contributed by atoms with van der Waals surface area (Å²) in [6.07, 6.45) is 0.339. The molecular weight excluding hydrogens is 342 g/mol. The Morgan fingerprint density at radius 1 is 1.04 bits per heavy atom. The van der Waals surface area contributed by atoms with Crippen LogP contribution in [0.2, 0.25) is 0 Å². The van der Waals surface area contributed by atoms with Crippen LogP contribution < -0.4 is 15.5 Å². The van der Waals surface area contributed by atoms with Crippen molar-refractivity contribution in [3.8, 4) is 0 Å². The van der Waals surface area contributed by atoms with Crippen LogP contribution in [0, 0.1) is 0 Å². The molecule has 144 valence electrons. The Balaban J connectivity index is 2.02. The molecule has 2 aromatic rings. The lowest BCUT2D eigenvalue weighted by molar-refractivity contribution is 0.161. The number of hydrogen-bond donors (Lipinski definition) is 2. The van der Waals surface area contributed by atoms with Gasteiger partial charge in [-0.05, 0) is 50.1 Å². The number of nitrogens with zero attached hydrogens (tertiary/aromatic N) is 1. The largest absolute Gasteiger partial charge is 0.449 e. The van der Waals surface area contributed by atoms with E-state index in [9.17, 15) is 9.59 Å². The Labute approximate surface area is 160 Å². The number of carbonyl (C=O) groups is 2. The van der Waals surface area contributed by atoms with Crippen molar-refractivity contribution in [2.24, 2.45) is 0 Å². The molecule has 0 heterocycles. The van der Waals surface area contributed by atoms with E-state index in [1.165, 1.54) is 4.90 Å². The quantitative estimate of drug-likeness (QED) is 0.773. The van der Waals surface area contributed by atoms with Crippen molar-refractivity contribution >= 4 is 23.5 Å². The van der Waals surface area contributed by atoms with E-state index in [0.29, 0.717) is 18.0 Å². The summed E-state index contributed by atoms with van der Waals surface area (Å²) >= 11 is 0. The second-order valence-electron chi connectivity index (χ2n) is 6.44. The number of anilines is 2. The molecule has 2 aromatic carbocycles. The van der Waals surface area contributed by atoms with E-state index in [-0.39, 0.29) is 6.03 Å². The van der Waals surface area contributed by atoms with Gasteiger partial charge in [-0.25, -0.2) is 9.59 Å². The monoisotopic (exact) mass is 369 g/mol. The van der Waals surface area contributed by atoms with Gasteiger partial charge in [0, 0.05) is 18.4 Å². The van der Waals surface area contributed by atoms with Gasteiger partial charge in [-0.3, -0.25) is 4.90 Å². The molecule has 0 saturated heterocycles. The SMILES string of the molecule is CCOC(=O)N(C)c1ccc(NC(=O)NC(C)(CC)c2ccccc2)cc1. The highest BCUT2D eigenvalue weighted by molar-refractivity contribution is 5.91. The van der Waals surface area contributed by atoms with Crippen LogP contribution in [-0.4, -0.2) is 25.8 Å². The van der Waals surface area contributed by atoms with Crippen molar-refractivity contribution in [1.82, 2.24) is 5.32 Å². The molecule has 6 heteroatoms. The summed E-state index contributed by atoms with van der Waals surface area (Å²) < 4.78 is 4.97. The van der Waals surface area contributed by atoms with Crippen LogP contribution in [0.15, 0.2) is 54.6 Å². The first-order chi connectivity index (χ1) is 12.9. The van der Waals surface area contributed by atoms with Gasteiger partial charge in [-0.2, -0.15) is 0 Å². The normalized spacial score (nSPS) is 12.6. The standard InChI is InChI=1S/C21H27N3O3/c1-5-21(3,16-10-8-7-9-11-16)23-19(25)22-17-12-14-18(15-13-17)24(4)20(26)27-6-2/h7-15H,5-6H2,1-4H3,(H2,22,23,25). The molecule has 3 amide bonds. The van der Waals surface area contributed by atoms with Gasteiger partial charge in [0.2, 0.25) is 0 Å². The van der Waals surface area contributed by atoms with Gasteiger partial charge < -0.3 is 15.4 Å². The fraction of sp³-hybridized carbons (Fsp3) is 0.333. The minimum absolute atomic E-state index is 0.283. The summed E-state index contributed by atoms with van der Waals surface area (Å²) in [7, 11) is 1.64. The molecule has 0 aliphatic rings. The zero-order valence-electron chi connectivity index (χ0n) is 16.3. The summed E-state index contributed by atoms with van der Waals surface area (Å²) in [5.74, 6) is 0. The topological polar surface area (TPSA) is 70.7 Å². The average molecular weight is 369 g/mol. The molecular formula is C21H27N3O3. The van der Waals surface area contributed by atoms with Crippen LogP contribution >= 0.6 is 0 Å². The molecule has 0 aromatic heterocycles. The number of rotatable bonds is 6. The smallest absolute Gasteiger partial charge is 0.413 e. The van der Waals surface area contributed by atoms with Crippen molar-refractivity contribution in [2.75, 3.05) is 23.9 Å². The first-order valence-corrected chi connectivity index (χ1v) is 9.05. The number of hydrogen-bond acceptors (Lipinski definition) is 3. The lowest BCUT2D eigenvalue weighted by Crippen LogP contribution is -2.45. The molecule has 0 aliphatic heterocycles. The number of benzene rings is 2. The van der Waals surface area contributed by atoms with Crippen molar-refractivity contribution in [2.45, 2.75) is 32.7 Å². The van der Waals surface area contributed by atoms with E-state index in [4.69, 9.17) is 4.74 Å². The predicted octanol–water partition coefficient (Wildman–Crippen LogP) is 4.73. The Kier molecular flexibility index (Phi) is 6.82. The van der Waals surface area contributed by atoms with Crippen molar-refractivity contribution in [3.05, 3.63) is 60.2 Å². The van der Waals surface area contributed by atoms with Crippen LogP contribution in [0.5, 0.6) is 0 Å². The van der Waals surface area contributed by atoms with Crippen molar-refractivity contribution in [1.29, 1.82) is 0 Å². The highest BCUT2D eigenvalue weighted by atomic mass is 16.6. The first kappa shape index (κ1) is 20.3. The lowest BCUT2D eigenvalue weighted by Gasteiger charge is -2.30. The molecule has 0 bridgehead atoms. The van der Waals surface area contributed by atoms with E-state index < -0.39 is 11.6 Å². The second-order valence-corrected chi connectivity index (χ2v) is 6.44. The van der Waals surface area contributed by atoms with Crippen LogP contribution in [0.25, 0.3) is 0 Å². The van der Waals surface area contributed by atoms with Gasteiger partial charge in [-0.15, -0.1) is 0 Å². The van der Waals surface area contributed by atoms with Crippen molar-refractivity contribution < 1.29 is 14.3 Å². The molecule has 2 rings (SSSR count). The predicted molar refractivity (Wildman–Crippen MR) is 108 cm³/mol. The highest BCUT2D eigenvalue weighted by Gasteiger charge is 2.26. The fourth-order valence-corrected chi connectivity index (χ4v) is 2.68. The van der Waals surface area contributed by atoms with Crippen LogP contribution in [0.1, 0.15) is 32.8 Å². The average Bonchev–Trinajstić information content (AvgIpc) is 2.68. The number of nitrogens with one attached hydrogen (secondary N) is 2. The van der Waals surface area contributed by atoms with E-state index in [1.54, 1.807) is 38.2 Å². The molecule has 2 N–H and O–H groups in total. The van der Waals surface area contributed by atoms with E-state index in [0.717, 1.165) is 12.0 Å². The summed E-state index contributed by atoms with van der Waals surface area (Å²) in [6.45, 7) is 6.12. The zero-order valence-corrected chi connectivity index (χ0v) is 16.3. The minimum Gasteiger partial charge on any atom is -0.449 e. The Bertz CT molecular complexity index is 762. The van der Waals surface area contributed by atoms with E-state index in [2.05, 4.69) is 10.6 Å². The van der Waals surface area contributed by atoms with Gasteiger partial charge in [-0.1, -0.05) is 37.3 Å². The maximum Gasteiger partial charge on any atom is 0.413 e. The number of urea groups is 1. The van der Waals surface area contributed by atoms with Gasteiger partial charge in [0.25, 0.3) is 0 Å². The third-order valence-electron chi connectivity index (χ3n) is 4.56. The molecule has 0 aliphatic carbocycles. The lowest BCUT2D eigenvalue weighted by atomic mass is 9.89. The molecule has 1 unspecified atom stereocenters. The van der Waals surface area contributed by atoms with Crippen LogP contribution in [0.3, 0.4) is 0 Å². The molecule has 0 radical (unpaired) electrons. The van der Waals surface area contributed by atoms with Gasteiger partial charge in [0.1, 0.15) is 0 Å². The summed E-state index contributed by atoms with van der Waals surface area (Å²) in [4.78, 5) is 25.6. The molecule has 0 spiro atoms. The Morgan fingerprint density at radius 2 is 1.67 bits per heavy atom. The molecule has 0 fully saturated rings. The van der Waals surface area contributed by atoms with Crippen molar-refractivity contribution in [3.63, 3.8) is 0 Å². The van der Waals surface area contributed by atoms with Crippen LogP contribution in [-0.2, 0) is 10.3 Å².